The number of hydrogen-bond acceptors (Lipinski definition) is 1. The van der Waals surface area contributed by atoms with Gasteiger partial charge in [0.15, 0.2) is 0 Å². The molecular formula is C9H11N. The molecule has 0 aromatic heterocycles. The van der Waals surface area contributed by atoms with Crippen molar-refractivity contribution in [1.82, 2.24) is 0 Å². The van der Waals surface area contributed by atoms with Gasteiger partial charge in [-0.05, 0) is 5.57 Å². The molecule has 0 radical (unpaired) electrons. The van der Waals surface area contributed by atoms with Crippen LogP contribution in [-0.2, 0) is 0 Å². The monoisotopic (exact) mass is 133 g/mol. The van der Waals surface area contributed by atoms with E-state index in [-0.39, 0.29) is 0 Å². The van der Waals surface area contributed by atoms with Gasteiger partial charge in [0.2, 0.25) is 0 Å². The maximum absolute atomic E-state index is 5.45. The van der Waals surface area contributed by atoms with Crippen LogP contribution in [0.2, 0.25) is 0 Å². The highest BCUT2D eigenvalue weighted by Crippen LogP contribution is 1.98. The Bertz CT molecular complexity index is 207. The van der Waals surface area contributed by atoms with Crippen molar-refractivity contribution in [3.05, 3.63) is 48.1 Å². The third-order valence-electron chi connectivity index (χ3n) is 1.30. The first-order chi connectivity index (χ1) is 4.93. The molecule has 0 saturated heterocycles. The van der Waals surface area contributed by atoms with Gasteiger partial charge in [0, 0.05) is 6.54 Å². The van der Waals surface area contributed by atoms with Gasteiger partial charge < -0.3 is 5.73 Å². The summed E-state index contributed by atoms with van der Waals surface area (Å²) in [6.07, 6.45) is 14.0. The number of nitrogens with two attached hydrogens (primary N) is 1. The maximum atomic E-state index is 5.45. The molecule has 52 valence electrons. The second kappa shape index (κ2) is 3.85. The molecular weight excluding hydrogens is 122 g/mol. The second-order valence-electron chi connectivity index (χ2n) is 2.07. The summed E-state index contributed by atoms with van der Waals surface area (Å²) < 4.78 is 0. The van der Waals surface area contributed by atoms with Crippen LogP contribution in [0.5, 0.6) is 0 Å². The summed E-state index contributed by atoms with van der Waals surface area (Å²) >= 11 is 0. The molecule has 0 saturated carbocycles. The molecule has 10 heavy (non-hydrogen) atoms. The first-order valence-corrected chi connectivity index (χ1v) is 3.34. The lowest BCUT2D eigenvalue weighted by Gasteiger charge is -1.93. The summed E-state index contributed by atoms with van der Waals surface area (Å²) in [5, 5.41) is 0. The first kappa shape index (κ1) is 7.03. The van der Waals surface area contributed by atoms with Gasteiger partial charge in [0.1, 0.15) is 0 Å². The van der Waals surface area contributed by atoms with Crippen LogP contribution in [0.1, 0.15) is 0 Å². The Kier molecular flexibility index (Phi) is 2.71. The molecule has 0 aromatic rings. The Hall–Kier alpha value is -1.08. The van der Waals surface area contributed by atoms with E-state index in [4.69, 9.17) is 5.73 Å². The van der Waals surface area contributed by atoms with Crippen LogP contribution >= 0.6 is 0 Å². The van der Waals surface area contributed by atoms with E-state index in [0.29, 0.717) is 6.54 Å². The van der Waals surface area contributed by atoms with E-state index in [1.165, 1.54) is 0 Å². The van der Waals surface area contributed by atoms with E-state index in [0.717, 1.165) is 5.57 Å². The van der Waals surface area contributed by atoms with E-state index in [1.54, 1.807) is 0 Å². The molecule has 1 aliphatic carbocycles. The van der Waals surface area contributed by atoms with E-state index in [2.05, 4.69) is 0 Å². The molecule has 0 fully saturated rings. The van der Waals surface area contributed by atoms with Crippen LogP contribution in [0, 0.1) is 0 Å². The first-order valence-electron chi connectivity index (χ1n) is 3.34. The molecule has 1 rings (SSSR count). The SMILES string of the molecule is NCC1=C/C=C\C=C/C=C\1. The number of allylic oxidation sites excluding steroid dienone is 6. The fourth-order valence-corrected chi connectivity index (χ4v) is 0.742. The van der Waals surface area contributed by atoms with Gasteiger partial charge in [-0.25, -0.2) is 0 Å². The van der Waals surface area contributed by atoms with Crippen LogP contribution in [0.15, 0.2) is 48.1 Å². The smallest absolute Gasteiger partial charge is 0.0178 e. The largest absolute Gasteiger partial charge is 0.326 e. The van der Waals surface area contributed by atoms with Crippen LogP contribution < -0.4 is 5.73 Å². The lowest BCUT2D eigenvalue weighted by atomic mass is 10.2. The number of hydrogen-bond donors (Lipinski definition) is 1. The van der Waals surface area contributed by atoms with Crippen molar-refractivity contribution in [3.8, 4) is 0 Å². The fourth-order valence-electron chi connectivity index (χ4n) is 0.742. The molecule has 0 aliphatic heterocycles. The summed E-state index contributed by atoms with van der Waals surface area (Å²) in [4.78, 5) is 0. The molecule has 1 nitrogen and oxygen atoms in total. The molecule has 0 bridgehead atoms. The normalized spacial score (nSPS) is 31.1. The van der Waals surface area contributed by atoms with Crippen LogP contribution in [0.25, 0.3) is 0 Å². The Morgan fingerprint density at radius 3 is 2.50 bits per heavy atom. The van der Waals surface area contributed by atoms with Crippen molar-refractivity contribution in [1.29, 1.82) is 0 Å². The van der Waals surface area contributed by atoms with Crippen molar-refractivity contribution in [2.45, 2.75) is 0 Å². The highest BCUT2D eigenvalue weighted by molar-refractivity contribution is 5.31. The fraction of sp³-hybridized carbons (Fsp3) is 0.111. The Morgan fingerprint density at radius 1 is 1.00 bits per heavy atom. The van der Waals surface area contributed by atoms with Gasteiger partial charge in [-0.1, -0.05) is 42.5 Å². The lowest BCUT2D eigenvalue weighted by Crippen LogP contribution is -2.00. The van der Waals surface area contributed by atoms with Gasteiger partial charge in [0.05, 0.1) is 0 Å². The van der Waals surface area contributed by atoms with Crippen LogP contribution in [-0.4, -0.2) is 6.54 Å². The van der Waals surface area contributed by atoms with Crippen molar-refractivity contribution in [2.75, 3.05) is 6.54 Å². The molecule has 0 unspecified atom stereocenters. The zero-order valence-corrected chi connectivity index (χ0v) is 5.83. The van der Waals surface area contributed by atoms with Crippen molar-refractivity contribution in [3.63, 3.8) is 0 Å². The Morgan fingerprint density at radius 2 is 1.70 bits per heavy atom. The average Bonchev–Trinajstić information content (AvgIpc) is 1.87. The standard InChI is InChI=1S/C9H11N/c10-8-9-6-4-2-1-3-5-7-9/h1-7H,8,10H2/b2-1-,3-1?,4-2?,5-3-,6-4-,7-5?,9-6?,9-7+. The minimum atomic E-state index is 0.606. The molecule has 0 amide bonds. The van der Waals surface area contributed by atoms with E-state index < -0.39 is 0 Å². The molecule has 0 heterocycles. The lowest BCUT2D eigenvalue weighted by molar-refractivity contribution is 1.19. The molecule has 0 aromatic carbocycles. The minimum Gasteiger partial charge on any atom is -0.326 e. The Balaban J connectivity index is 2.73. The summed E-state index contributed by atoms with van der Waals surface area (Å²) in [5.74, 6) is 0. The van der Waals surface area contributed by atoms with Gasteiger partial charge in [-0.3, -0.25) is 0 Å². The van der Waals surface area contributed by atoms with E-state index in [1.807, 2.05) is 42.5 Å². The molecule has 0 spiro atoms. The third-order valence-corrected chi connectivity index (χ3v) is 1.30. The van der Waals surface area contributed by atoms with Gasteiger partial charge >= 0.3 is 0 Å². The maximum Gasteiger partial charge on any atom is 0.0178 e. The summed E-state index contributed by atoms with van der Waals surface area (Å²) in [5.41, 5.74) is 6.60. The summed E-state index contributed by atoms with van der Waals surface area (Å²) in [6.45, 7) is 0.606. The third kappa shape index (κ3) is 2.03. The van der Waals surface area contributed by atoms with Crippen LogP contribution in [0.3, 0.4) is 0 Å². The Labute approximate surface area is 61.2 Å². The molecule has 0 atom stereocenters. The quantitative estimate of drug-likeness (QED) is 0.577. The van der Waals surface area contributed by atoms with Gasteiger partial charge in [0.25, 0.3) is 0 Å². The average molecular weight is 133 g/mol. The molecule has 1 aliphatic rings. The van der Waals surface area contributed by atoms with Crippen molar-refractivity contribution in [2.24, 2.45) is 5.73 Å². The van der Waals surface area contributed by atoms with Crippen molar-refractivity contribution < 1.29 is 0 Å². The van der Waals surface area contributed by atoms with E-state index in [9.17, 15) is 0 Å². The molecule has 1 heteroatoms. The predicted molar refractivity (Wildman–Crippen MR) is 44.6 cm³/mol. The van der Waals surface area contributed by atoms with E-state index >= 15 is 0 Å². The topological polar surface area (TPSA) is 26.0 Å². The summed E-state index contributed by atoms with van der Waals surface area (Å²) in [6, 6.07) is 0. The predicted octanol–water partition coefficient (Wildman–Crippen LogP) is 1.55. The van der Waals surface area contributed by atoms with Gasteiger partial charge in [-0.15, -0.1) is 0 Å². The number of rotatable bonds is 1. The summed E-state index contributed by atoms with van der Waals surface area (Å²) in [7, 11) is 0. The van der Waals surface area contributed by atoms with Crippen LogP contribution in [0.4, 0.5) is 0 Å². The van der Waals surface area contributed by atoms with Gasteiger partial charge in [-0.2, -0.15) is 0 Å². The highest BCUT2D eigenvalue weighted by Gasteiger charge is 1.84. The minimum absolute atomic E-state index is 0.606. The second-order valence-corrected chi connectivity index (χ2v) is 2.07. The molecule has 2 N–H and O–H groups in total. The highest BCUT2D eigenvalue weighted by atomic mass is 14.5. The van der Waals surface area contributed by atoms with Crippen molar-refractivity contribution >= 4 is 0 Å². The zero-order chi connectivity index (χ0) is 7.23. The zero-order valence-electron chi connectivity index (χ0n) is 5.83.